The number of allylic oxidation sites excluding steroid dienone is 26. The molecule has 352 valence electrons. The normalized spacial score (nSPS) is 17.6. The smallest absolute Gasteiger partial charge is 0.0714 e. The summed E-state index contributed by atoms with van der Waals surface area (Å²) >= 11 is 0. The van der Waals surface area contributed by atoms with Crippen molar-refractivity contribution >= 4 is 17.2 Å². The molecule has 1 atom stereocenters. The average molecular weight is 931 g/mol. The molecule has 2 aliphatic rings. The highest BCUT2D eigenvalue weighted by Gasteiger charge is 2.47. The van der Waals surface area contributed by atoms with Crippen LogP contribution in [0.5, 0.6) is 0 Å². The second-order valence-electron chi connectivity index (χ2n) is 17.6. The Bertz CT molecular complexity index is 3260. The molecular formula is C70H62N2. The van der Waals surface area contributed by atoms with Gasteiger partial charge in [0, 0.05) is 0 Å². The first-order chi connectivity index (χ1) is 35.5. The van der Waals surface area contributed by atoms with Crippen LogP contribution in [0.2, 0.25) is 0 Å². The van der Waals surface area contributed by atoms with Crippen molar-refractivity contribution in [2.45, 2.75) is 24.7 Å². The van der Waals surface area contributed by atoms with Gasteiger partial charge >= 0.3 is 0 Å². The van der Waals surface area contributed by atoms with Gasteiger partial charge in [0.25, 0.3) is 0 Å². The molecule has 8 rings (SSSR count). The Labute approximate surface area is 427 Å². The van der Waals surface area contributed by atoms with Crippen molar-refractivity contribution in [3.8, 4) is 0 Å². The molecule has 0 saturated heterocycles. The van der Waals surface area contributed by atoms with E-state index < -0.39 is 10.8 Å². The van der Waals surface area contributed by atoms with Gasteiger partial charge in [0.05, 0.1) is 10.8 Å². The SMILES string of the molecule is C=C/C=C(\C=C/C)C1(c2ccccc2)C(\C=C\C=C(C)/C=C(/C=C\C=C/C=C/C=C\C2=C(/C=C/N)C(c3ccccc3)(c3ccccc3)c3ccccc32)\C=C\N)=C(/C=C\c2ccccc2)c2ccccc21. The lowest BCUT2D eigenvalue weighted by molar-refractivity contribution is 0.760. The van der Waals surface area contributed by atoms with Crippen molar-refractivity contribution in [1.82, 2.24) is 0 Å². The Morgan fingerprint density at radius 2 is 1.00 bits per heavy atom. The largest absolute Gasteiger partial charge is 0.405 e. The zero-order valence-electron chi connectivity index (χ0n) is 41.2. The molecule has 0 bridgehead atoms. The van der Waals surface area contributed by atoms with E-state index in [4.69, 9.17) is 11.5 Å². The van der Waals surface area contributed by atoms with Gasteiger partial charge in [-0.25, -0.2) is 0 Å². The average Bonchev–Trinajstić information content (AvgIpc) is 3.86. The van der Waals surface area contributed by atoms with E-state index in [1.807, 2.05) is 36.5 Å². The van der Waals surface area contributed by atoms with Gasteiger partial charge in [0.15, 0.2) is 0 Å². The van der Waals surface area contributed by atoms with Crippen LogP contribution in [0.15, 0.2) is 332 Å². The minimum absolute atomic E-state index is 0.521. The number of nitrogens with two attached hydrogens (primary N) is 2. The van der Waals surface area contributed by atoms with Crippen molar-refractivity contribution in [2.75, 3.05) is 0 Å². The molecule has 0 aliphatic heterocycles. The summed E-state index contributed by atoms with van der Waals surface area (Å²) in [7, 11) is 0. The van der Waals surface area contributed by atoms with Gasteiger partial charge in [-0.2, -0.15) is 0 Å². The van der Waals surface area contributed by atoms with Crippen molar-refractivity contribution in [2.24, 2.45) is 11.5 Å². The van der Waals surface area contributed by atoms with Crippen LogP contribution in [0.4, 0.5) is 0 Å². The van der Waals surface area contributed by atoms with Crippen LogP contribution in [0.3, 0.4) is 0 Å². The number of hydrogen-bond acceptors (Lipinski definition) is 2. The predicted molar refractivity (Wildman–Crippen MR) is 309 cm³/mol. The third-order valence-corrected chi connectivity index (χ3v) is 13.2. The minimum Gasteiger partial charge on any atom is -0.405 e. The van der Waals surface area contributed by atoms with Gasteiger partial charge < -0.3 is 11.5 Å². The summed E-state index contributed by atoms with van der Waals surface area (Å²) in [4.78, 5) is 0. The van der Waals surface area contributed by atoms with E-state index in [1.54, 1.807) is 12.4 Å². The Kier molecular flexibility index (Phi) is 16.5. The lowest BCUT2D eigenvalue weighted by atomic mass is 9.66. The molecule has 6 aromatic carbocycles. The van der Waals surface area contributed by atoms with Crippen LogP contribution in [-0.2, 0) is 10.8 Å². The van der Waals surface area contributed by atoms with E-state index in [-0.39, 0.29) is 0 Å². The zero-order valence-corrected chi connectivity index (χ0v) is 41.2. The van der Waals surface area contributed by atoms with Crippen LogP contribution < -0.4 is 11.5 Å². The molecule has 72 heavy (non-hydrogen) atoms. The fourth-order valence-electron chi connectivity index (χ4n) is 10.4. The third kappa shape index (κ3) is 10.2. The summed E-state index contributed by atoms with van der Waals surface area (Å²) in [5.41, 5.74) is 28.5. The Morgan fingerprint density at radius 1 is 0.458 bits per heavy atom. The first kappa shape index (κ1) is 49.4. The zero-order chi connectivity index (χ0) is 50.0. The maximum absolute atomic E-state index is 6.21. The Balaban J connectivity index is 1.08. The number of rotatable bonds is 18. The molecule has 0 aromatic heterocycles. The van der Waals surface area contributed by atoms with Crippen molar-refractivity contribution < 1.29 is 0 Å². The predicted octanol–water partition coefficient (Wildman–Crippen LogP) is 16.5. The van der Waals surface area contributed by atoms with Crippen LogP contribution in [-0.4, -0.2) is 0 Å². The summed E-state index contributed by atoms with van der Waals surface area (Å²) in [5.74, 6) is 0. The monoisotopic (exact) mass is 930 g/mol. The lowest BCUT2D eigenvalue weighted by Gasteiger charge is -2.35. The van der Waals surface area contributed by atoms with Crippen LogP contribution >= 0.6 is 0 Å². The summed E-state index contributed by atoms with van der Waals surface area (Å²) < 4.78 is 0. The second kappa shape index (κ2) is 24.0. The molecule has 0 fully saturated rings. The summed E-state index contributed by atoms with van der Waals surface area (Å²) in [5, 5.41) is 0. The van der Waals surface area contributed by atoms with Gasteiger partial charge in [-0.05, 0) is 116 Å². The van der Waals surface area contributed by atoms with E-state index in [0.29, 0.717) is 0 Å². The minimum atomic E-state index is -0.601. The molecule has 1 unspecified atom stereocenters. The van der Waals surface area contributed by atoms with E-state index in [0.717, 1.165) is 33.4 Å². The highest BCUT2D eigenvalue weighted by atomic mass is 14.5. The maximum Gasteiger partial charge on any atom is 0.0714 e. The fourth-order valence-corrected chi connectivity index (χ4v) is 10.4. The fraction of sp³-hybridized carbons (Fsp3) is 0.0571. The Hall–Kier alpha value is -8.98. The van der Waals surface area contributed by atoms with Gasteiger partial charge in [-0.1, -0.05) is 291 Å². The molecular weight excluding hydrogens is 869 g/mol. The van der Waals surface area contributed by atoms with Crippen LogP contribution in [0.25, 0.3) is 17.2 Å². The highest BCUT2D eigenvalue weighted by Crippen LogP contribution is 2.57. The number of benzene rings is 6. The van der Waals surface area contributed by atoms with E-state index in [2.05, 4.69) is 275 Å². The summed E-state index contributed by atoms with van der Waals surface area (Å²) in [6, 6.07) is 60.3. The summed E-state index contributed by atoms with van der Waals surface area (Å²) in [6.45, 7) is 8.35. The molecule has 0 amide bonds. The van der Waals surface area contributed by atoms with Crippen LogP contribution in [0, 0.1) is 0 Å². The first-order valence-electron chi connectivity index (χ1n) is 24.6. The molecule has 6 aromatic rings. The third-order valence-electron chi connectivity index (χ3n) is 13.2. The van der Waals surface area contributed by atoms with Gasteiger partial charge in [0.2, 0.25) is 0 Å². The molecule has 0 spiro atoms. The van der Waals surface area contributed by atoms with Crippen molar-refractivity contribution in [3.63, 3.8) is 0 Å². The summed E-state index contributed by atoms with van der Waals surface area (Å²) in [6.07, 6.45) is 45.4. The van der Waals surface area contributed by atoms with E-state index in [9.17, 15) is 0 Å². The molecule has 4 N–H and O–H groups in total. The number of hydrogen-bond donors (Lipinski definition) is 2. The first-order valence-corrected chi connectivity index (χ1v) is 24.6. The van der Waals surface area contributed by atoms with Crippen LogP contribution in [0.1, 0.15) is 58.4 Å². The van der Waals surface area contributed by atoms with Gasteiger partial charge in [-0.15, -0.1) is 0 Å². The van der Waals surface area contributed by atoms with Gasteiger partial charge in [-0.3, -0.25) is 0 Å². The standard InChI is InChI=1S/C70H62N2/c1-4-29-57(30-5-2)69(58-35-17-11-18-36-58)66-45-27-25-43-63(66)64(48-47-55-32-15-10-16-33-55)67(69)46-28-31-54(3)53-56(49-51-71)34-14-8-6-7-9-23-41-62-61-42-24-26-44-65(61)70(68(62)50-52-72,59-37-19-12-20-38-59)60-39-21-13-22-40-60/h4-53H,1,71-72H2,2-3H3/b8-6-,9-7+,30-5-,34-14-,41-23-,46-28+,48-47-,51-49+,52-50+,54-31-,56-53-,57-29+. The molecule has 2 nitrogen and oxygen atoms in total. The molecule has 0 heterocycles. The van der Waals surface area contributed by atoms with E-state index in [1.165, 1.54) is 50.1 Å². The van der Waals surface area contributed by atoms with Gasteiger partial charge in [0.1, 0.15) is 0 Å². The van der Waals surface area contributed by atoms with Crippen molar-refractivity contribution in [3.05, 3.63) is 377 Å². The van der Waals surface area contributed by atoms with Crippen molar-refractivity contribution in [1.29, 1.82) is 0 Å². The lowest BCUT2D eigenvalue weighted by Crippen LogP contribution is -2.29. The topological polar surface area (TPSA) is 52.0 Å². The molecule has 0 radical (unpaired) electrons. The van der Waals surface area contributed by atoms with E-state index >= 15 is 0 Å². The number of fused-ring (bicyclic) bond motifs is 2. The maximum atomic E-state index is 6.21. The highest BCUT2D eigenvalue weighted by molar-refractivity contribution is 5.94. The molecule has 2 aliphatic carbocycles. The molecule has 2 heteroatoms. The molecule has 0 saturated carbocycles. The quantitative estimate of drug-likeness (QED) is 0.0844. The second-order valence-corrected chi connectivity index (χ2v) is 17.6. The Morgan fingerprint density at radius 3 is 1.61 bits per heavy atom.